The molecule has 1 saturated carbocycles. The van der Waals surface area contributed by atoms with Gasteiger partial charge in [-0.2, -0.15) is 0 Å². The number of carbonyl (C=O) groups excluding carboxylic acids is 2. The molecule has 1 fully saturated rings. The molecule has 1 heterocycles. The summed E-state index contributed by atoms with van der Waals surface area (Å²) in [4.78, 5) is 28.9. The Morgan fingerprint density at radius 3 is 2.70 bits per heavy atom. The van der Waals surface area contributed by atoms with E-state index in [1.54, 1.807) is 43.5 Å². The highest BCUT2D eigenvalue weighted by molar-refractivity contribution is 6.08. The van der Waals surface area contributed by atoms with Crippen LogP contribution < -0.4 is 10.6 Å². The Balaban J connectivity index is 1.71. The van der Waals surface area contributed by atoms with E-state index in [1.165, 1.54) is 25.5 Å². The highest BCUT2D eigenvalue weighted by atomic mass is 16.5. The Morgan fingerprint density at radius 2 is 1.93 bits per heavy atom. The van der Waals surface area contributed by atoms with Crippen molar-refractivity contribution < 1.29 is 14.3 Å². The summed E-state index contributed by atoms with van der Waals surface area (Å²) in [6.45, 7) is 2.02. The molecule has 2 N–H and O–H groups in total. The van der Waals surface area contributed by atoms with Gasteiger partial charge >= 0.3 is 5.97 Å². The van der Waals surface area contributed by atoms with Gasteiger partial charge in [-0.3, -0.25) is 9.78 Å². The summed E-state index contributed by atoms with van der Waals surface area (Å²) in [5.74, 6) is -0.772. The molecule has 1 aromatic carbocycles. The minimum absolute atomic E-state index is 0.278. The zero-order valence-electron chi connectivity index (χ0n) is 15.5. The Labute approximate surface area is 159 Å². The van der Waals surface area contributed by atoms with Crippen LogP contribution in [0.3, 0.4) is 0 Å². The molecule has 2 aromatic rings. The van der Waals surface area contributed by atoms with Crippen LogP contribution in [-0.2, 0) is 4.74 Å². The molecule has 0 aliphatic heterocycles. The molecule has 1 aliphatic rings. The van der Waals surface area contributed by atoms with Crippen molar-refractivity contribution in [3.63, 3.8) is 0 Å². The van der Waals surface area contributed by atoms with Crippen LogP contribution in [0.25, 0.3) is 0 Å². The number of carbonyl (C=O) groups is 2. The van der Waals surface area contributed by atoms with Crippen molar-refractivity contribution >= 4 is 23.3 Å². The second-order valence-corrected chi connectivity index (χ2v) is 6.66. The first-order valence-electron chi connectivity index (χ1n) is 9.46. The molecule has 6 heteroatoms. The predicted molar refractivity (Wildman–Crippen MR) is 105 cm³/mol. The third kappa shape index (κ3) is 5.06. The molecule has 3 rings (SSSR count). The molecule has 0 atom stereocenters. The summed E-state index contributed by atoms with van der Waals surface area (Å²) in [7, 11) is 0. The van der Waals surface area contributed by atoms with Gasteiger partial charge in [0, 0.05) is 18.4 Å². The lowest BCUT2D eigenvalue weighted by Gasteiger charge is -2.23. The summed E-state index contributed by atoms with van der Waals surface area (Å²) in [5.41, 5.74) is 2.03. The van der Waals surface area contributed by atoms with E-state index in [-0.39, 0.29) is 12.5 Å². The number of rotatable bonds is 6. The SMILES string of the molecule is CCOC(=O)c1ccccc1NC(=O)c1cncc(NC2CCCCC2)c1. The fraction of sp³-hybridized carbons (Fsp3) is 0.381. The van der Waals surface area contributed by atoms with Crippen LogP contribution in [0.2, 0.25) is 0 Å². The molecule has 0 bridgehead atoms. The average molecular weight is 367 g/mol. The molecule has 1 aliphatic carbocycles. The lowest BCUT2D eigenvalue weighted by atomic mass is 9.95. The van der Waals surface area contributed by atoms with Crippen molar-refractivity contribution in [2.45, 2.75) is 45.1 Å². The third-order valence-corrected chi connectivity index (χ3v) is 4.65. The molecule has 1 amide bonds. The van der Waals surface area contributed by atoms with E-state index in [4.69, 9.17) is 4.74 Å². The van der Waals surface area contributed by atoms with Crippen molar-refractivity contribution in [2.75, 3.05) is 17.2 Å². The molecule has 142 valence electrons. The quantitative estimate of drug-likeness (QED) is 0.746. The van der Waals surface area contributed by atoms with Crippen LogP contribution in [0.5, 0.6) is 0 Å². The number of anilines is 2. The monoisotopic (exact) mass is 367 g/mol. The number of benzene rings is 1. The van der Waals surface area contributed by atoms with E-state index >= 15 is 0 Å². The highest BCUT2D eigenvalue weighted by Crippen LogP contribution is 2.22. The average Bonchev–Trinajstić information content (AvgIpc) is 2.69. The van der Waals surface area contributed by atoms with Crippen molar-refractivity contribution in [3.05, 3.63) is 53.9 Å². The minimum atomic E-state index is -0.459. The fourth-order valence-electron chi connectivity index (χ4n) is 3.30. The Bertz CT molecular complexity index is 801. The lowest BCUT2D eigenvalue weighted by Crippen LogP contribution is -2.22. The van der Waals surface area contributed by atoms with Crippen molar-refractivity contribution in [1.82, 2.24) is 4.98 Å². The number of esters is 1. The first-order valence-corrected chi connectivity index (χ1v) is 9.46. The predicted octanol–water partition coefficient (Wildman–Crippen LogP) is 4.26. The molecule has 0 saturated heterocycles. The second-order valence-electron chi connectivity index (χ2n) is 6.66. The van der Waals surface area contributed by atoms with Crippen LogP contribution in [0.4, 0.5) is 11.4 Å². The summed E-state index contributed by atoms with van der Waals surface area (Å²) in [6.07, 6.45) is 9.30. The van der Waals surface area contributed by atoms with E-state index in [9.17, 15) is 9.59 Å². The maximum atomic E-state index is 12.7. The number of aromatic nitrogens is 1. The van der Waals surface area contributed by atoms with Crippen LogP contribution in [0.1, 0.15) is 59.7 Å². The normalized spacial score (nSPS) is 14.4. The van der Waals surface area contributed by atoms with Gasteiger partial charge in [-0.25, -0.2) is 4.79 Å². The van der Waals surface area contributed by atoms with E-state index in [2.05, 4.69) is 15.6 Å². The summed E-state index contributed by atoms with van der Waals surface area (Å²) < 4.78 is 5.05. The van der Waals surface area contributed by atoms with Crippen molar-refractivity contribution in [3.8, 4) is 0 Å². The molecule has 0 unspecified atom stereocenters. The van der Waals surface area contributed by atoms with Crippen molar-refractivity contribution in [1.29, 1.82) is 0 Å². The first kappa shape index (κ1) is 18.9. The number of pyridine rings is 1. The zero-order valence-corrected chi connectivity index (χ0v) is 15.5. The van der Waals surface area contributed by atoms with E-state index < -0.39 is 5.97 Å². The van der Waals surface area contributed by atoms with E-state index in [0.29, 0.717) is 22.9 Å². The van der Waals surface area contributed by atoms with Gasteiger partial charge in [-0.05, 0) is 38.0 Å². The number of para-hydroxylation sites is 1. The zero-order chi connectivity index (χ0) is 19.1. The maximum Gasteiger partial charge on any atom is 0.340 e. The van der Waals surface area contributed by atoms with Gasteiger partial charge in [0.05, 0.1) is 29.1 Å². The molecular weight excluding hydrogens is 342 g/mol. The topological polar surface area (TPSA) is 80.3 Å². The number of hydrogen-bond acceptors (Lipinski definition) is 5. The highest BCUT2D eigenvalue weighted by Gasteiger charge is 2.17. The molecule has 0 spiro atoms. The Morgan fingerprint density at radius 1 is 1.15 bits per heavy atom. The number of amides is 1. The fourth-order valence-corrected chi connectivity index (χ4v) is 3.30. The largest absolute Gasteiger partial charge is 0.462 e. The number of ether oxygens (including phenoxy) is 1. The van der Waals surface area contributed by atoms with Gasteiger partial charge in [-0.15, -0.1) is 0 Å². The van der Waals surface area contributed by atoms with Crippen LogP contribution >= 0.6 is 0 Å². The van der Waals surface area contributed by atoms with E-state index in [1.807, 2.05) is 0 Å². The van der Waals surface area contributed by atoms with Crippen LogP contribution in [0, 0.1) is 0 Å². The standard InChI is InChI=1S/C21H25N3O3/c1-2-27-21(26)18-10-6-7-11-19(18)24-20(25)15-12-17(14-22-13-15)23-16-8-4-3-5-9-16/h6-7,10-14,16,23H,2-5,8-9H2,1H3,(H,24,25). The molecule has 0 radical (unpaired) electrons. The first-order chi connectivity index (χ1) is 13.2. The smallest absolute Gasteiger partial charge is 0.340 e. The van der Waals surface area contributed by atoms with Gasteiger partial charge in [0.1, 0.15) is 0 Å². The molecule has 27 heavy (non-hydrogen) atoms. The Hall–Kier alpha value is -2.89. The van der Waals surface area contributed by atoms with Gasteiger partial charge in [0.15, 0.2) is 0 Å². The Kier molecular flexibility index (Phi) is 6.41. The molecule has 6 nitrogen and oxygen atoms in total. The second kappa shape index (κ2) is 9.16. The van der Waals surface area contributed by atoms with Gasteiger partial charge < -0.3 is 15.4 Å². The number of nitrogens with zero attached hydrogens (tertiary/aromatic N) is 1. The summed E-state index contributed by atoms with van der Waals surface area (Å²) >= 11 is 0. The van der Waals surface area contributed by atoms with Crippen LogP contribution in [-0.4, -0.2) is 29.5 Å². The number of hydrogen-bond donors (Lipinski definition) is 2. The van der Waals surface area contributed by atoms with Gasteiger partial charge in [-0.1, -0.05) is 31.4 Å². The van der Waals surface area contributed by atoms with Crippen LogP contribution in [0.15, 0.2) is 42.7 Å². The third-order valence-electron chi connectivity index (χ3n) is 4.65. The molecule has 1 aromatic heterocycles. The van der Waals surface area contributed by atoms with E-state index in [0.717, 1.165) is 18.5 Å². The van der Waals surface area contributed by atoms with Gasteiger partial charge in [0.25, 0.3) is 5.91 Å². The maximum absolute atomic E-state index is 12.7. The minimum Gasteiger partial charge on any atom is -0.462 e. The molecular formula is C21H25N3O3. The number of nitrogens with one attached hydrogen (secondary N) is 2. The van der Waals surface area contributed by atoms with Crippen molar-refractivity contribution in [2.24, 2.45) is 0 Å². The summed E-state index contributed by atoms with van der Waals surface area (Å²) in [6, 6.07) is 9.04. The summed E-state index contributed by atoms with van der Waals surface area (Å²) in [5, 5.41) is 6.26. The van der Waals surface area contributed by atoms with Gasteiger partial charge in [0.2, 0.25) is 0 Å². The lowest BCUT2D eigenvalue weighted by molar-refractivity contribution is 0.0527.